The van der Waals surface area contributed by atoms with E-state index < -0.39 is 0 Å². The van der Waals surface area contributed by atoms with Crippen molar-refractivity contribution >= 4 is 11.6 Å². The van der Waals surface area contributed by atoms with Crippen molar-refractivity contribution < 1.29 is 4.79 Å². The number of amides is 1. The van der Waals surface area contributed by atoms with Crippen molar-refractivity contribution in [2.24, 2.45) is 5.41 Å². The summed E-state index contributed by atoms with van der Waals surface area (Å²) in [5.41, 5.74) is 6.53. The van der Waals surface area contributed by atoms with Gasteiger partial charge in [-0.05, 0) is 24.7 Å². The molecule has 1 aromatic rings. The van der Waals surface area contributed by atoms with Crippen LogP contribution in [0.4, 0.5) is 5.69 Å². The number of nitrogens with two attached hydrogens (primary N) is 1. The zero-order valence-electron chi connectivity index (χ0n) is 11.2. The van der Waals surface area contributed by atoms with Gasteiger partial charge in [0.25, 0.3) is 0 Å². The minimum atomic E-state index is 0.135. The van der Waals surface area contributed by atoms with Gasteiger partial charge in [0, 0.05) is 19.3 Å². The molecule has 5 nitrogen and oxygen atoms in total. The monoisotopic (exact) mass is 250 g/mol. The smallest absolute Gasteiger partial charge is 0.244 e. The third-order valence-electron chi connectivity index (χ3n) is 3.64. The Morgan fingerprint density at radius 3 is 2.89 bits per heavy atom. The highest BCUT2D eigenvalue weighted by Crippen LogP contribution is 2.29. The zero-order valence-corrected chi connectivity index (χ0v) is 11.2. The lowest BCUT2D eigenvalue weighted by molar-refractivity contribution is -0.132. The van der Waals surface area contributed by atoms with Crippen LogP contribution in [-0.2, 0) is 11.3 Å². The molecular formula is C13H22N4O. The topological polar surface area (TPSA) is 64.2 Å². The molecule has 1 aromatic heterocycles. The van der Waals surface area contributed by atoms with Gasteiger partial charge >= 0.3 is 0 Å². The van der Waals surface area contributed by atoms with Crippen LogP contribution >= 0.6 is 0 Å². The summed E-state index contributed by atoms with van der Waals surface area (Å²) >= 11 is 0. The highest BCUT2D eigenvalue weighted by Gasteiger charge is 2.25. The number of aromatic nitrogens is 2. The fourth-order valence-electron chi connectivity index (χ4n) is 2.38. The van der Waals surface area contributed by atoms with Gasteiger partial charge < -0.3 is 10.6 Å². The number of hydrogen-bond donors (Lipinski definition) is 1. The summed E-state index contributed by atoms with van der Waals surface area (Å²) in [5.74, 6) is 0.135. The van der Waals surface area contributed by atoms with Crippen LogP contribution in [0.1, 0.15) is 33.1 Å². The Morgan fingerprint density at radius 2 is 2.22 bits per heavy atom. The van der Waals surface area contributed by atoms with Crippen molar-refractivity contribution in [3.63, 3.8) is 0 Å². The van der Waals surface area contributed by atoms with E-state index in [1.54, 1.807) is 17.1 Å². The highest BCUT2D eigenvalue weighted by molar-refractivity contribution is 5.76. The Balaban J connectivity index is 1.93. The van der Waals surface area contributed by atoms with Crippen molar-refractivity contribution in [2.75, 3.05) is 18.8 Å². The molecule has 1 fully saturated rings. The van der Waals surface area contributed by atoms with Gasteiger partial charge in [0.1, 0.15) is 6.54 Å². The molecule has 0 bridgehead atoms. The Labute approximate surface area is 108 Å². The van der Waals surface area contributed by atoms with E-state index in [0.717, 1.165) is 25.9 Å². The average Bonchev–Trinajstić information content (AvgIpc) is 2.58. The predicted molar refractivity (Wildman–Crippen MR) is 70.9 cm³/mol. The molecule has 0 aromatic carbocycles. The van der Waals surface area contributed by atoms with Crippen molar-refractivity contribution in [1.82, 2.24) is 14.7 Å². The molecule has 0 atom stereocenters. The summed E-state index contributed by atoms with van der Waals surface area (Å²) < 4.78 is 1.60. The van der Waals surface area contributed by atoms with E-state index in [0.29, 0.717) is 11.1 Å². The third-order valence-corrected chi connectivity index (χ3v) is 3.64. The molecule has 0 spiro atoms. The van der Waals surface area contributed by atoms with Crippen molar-refractivity contribution in [3.8, 4) is 0 Å². The lowest BCUT2D eigenvalue weighted by Crippen LogP contribution is -2.35. The largest absolute Gasteiger partial charge is 0.396 e. The predicted octanol–water partition coefficient (Wildman–Crippen LogP) is 1.50. The quantitative estimate of drug-likeness (QED) is 0.865. The summed E-state index contributed by atoms with van der Waals surface area (Å²) in [6, 6.07) is 0. The maximum Gasteiger partial charge on any atom is 0.244 e. The Bertz CT molecular complexity index is 424. The number of likely N-dealkylation sites (tertiary alicyclic amines) is 1. The van der Waals surface area contributed by atoms with Gasteiger partial charge in [-0.1, -0.05) is 13.8 Å². The van der Waals surface area contributed by atoms with Gasteiger partial charge in [0.15, 0.2) is 0 Å². The molecule has 2 N–H and O–H groups in total. The first-order valence-corrected chi connectivity index (χ1v) is 6.52. The van der Waals surface area contributed by atoms with Gasteiger partial charge in [0.2, 0.25) is 5.91 Å². The van der Waals surface area contributed by atoms with Crippen LogP contribution in [-0.4, -0.2) is 33.7 Å². The lowest BCUT2D eigenvalue weighted by atomic mass is 9.85. The first kappa shape index (κ1) is 12.9. The fraction of sp³-hybridized carbons (Fsp3) is 0.692. The fourth-order valence-corrected chi connectivity index (χ4v) is 2.38. The number of anilines is 1. The molecule has 1 amide bonds. The minimum absolute atomic E-state index is 0.135. The molecule has 1 aliphatic heterocycles. The van der Waals surface area contributed by atoms with Crippen molar-refractivity contribution in [3.05, 3.63) is 12.4 Å². The maximum absolute atomic E-state index is 12.2. The molecule has 5 heteroatoms. The van der Waals surface area contributed by atoms with Gasteiger partial charge in [0.05, 0.1) is 11.9 Å². The second-order valence-electron chi connectivity index (χ2n) is 5.87. The van der Waals surface area contributed by atoms with Crippen LogP contribution in [0, 0.1) is 5.41 Å². The van der Waals surface area contributed by atoms with E-state index in [4.69, 9.17) is 5.73 Å². The van der Waals surface area contributed by atoms with Crippen LogP contribution < -0.4 is 5.73 Å². The summed E-state index contributed by atoms with van der Waals surface area (Å²) in [4.78, 5) is 14.1. The van der Waals surface area contributed by atoms with Crippen LogP contribution in [0.15, 0.2) is 12.4 Å². The molecular weight excluding hydrogens is 228 g/mol. The first-order chi connectivity index (χ1) is 8.46. The standard InChI is InChI=1S/C13H22N4O/c1-13(2)4-3-6-16(7-5-13)12(18)10-17-9-11(14)8-15-17/h8-9H,3-7,10,14H2,1-2H3. The maximum atomic E-state index is 12.2. The average molecular weight is 250 g/mol. The number of nitrogen functional groups attached to an aromatic ring is 1. The number of rotatable bonds is 2. The van der Waals surface area contributed by atoms with E-state index in [1.807, 2.05) is 4.90 Å². The number of carbonyl (C=O) groups excluding carboxylic acids is 1. The molecule has 0 aliphatic carbocycles. The summed E-state index contributed by atoms with van der Waals surface area (Å²) in [6.45, 7) is 6.55. The number of carbonyl (C=O) groups is 1. The molecule has 0 unspecified atom stereocenters. The molecule has 1 aliphatic rings. The molecule has 18 heavy (non-hydrogen) atoms. The van der Waals surface area contributed by atoms with Crippen LogP contribution in [0.2, 0.25) is 0 Å². The second-order valence-corrected chi connectivity index (χ2v) is 5.87. The second kappa shape index (κ2) is 5.00. The molecule has 1 saturated heterocycles. The van der Waals surface area contributed by atoms with E-state index >= 15 is 0 Å². The third kappa shape index (κ3) is 3.24. The van der Waals surface area contributed by atoms with Gasteiger partial charge in [-0.2, -0.15) is 5.10 Å². The number of nitrogens with zero attached hydrogens (tertiary/aromatic N) is 3. The first-order valence-electron chi connectivity index (χ1n) is 6.52. The van der Waals surface area contributed by atoms with E-state index in [9.17, 15) is 4.79 Å². The van der Waals surface area contributed by atoms with Gasteiger partial charge in [-0.25, -0.2) is 0 Å². The molecule has 0 radical (unpaired) electrons. The summed E-state index contributed by atoms with van der Waals surface area (Å²) in [6.07, 6.45) is 6.60. The Hall–Kier alpha value is -1.52. The minimum Gasteiger partial charge on any atom is -0.396 e. The molecule has 2 heterocycles. The Morgan fingerprint density at radius 1 is 1.44 bits per heavy atom. The van der Waals surface area contributed by atoms with Crippen molar-refractivity contribution in [2.45, 2.75) is 39.7 Å². The molecule has 2 rings (SSSR count). The summed E-state index contributed by atoms with van der Waals surface area (Å²) in [7, 11) is 0. The molecule has 0 saturated carbocycles. The summed E-state index contributed by atoms with van der Waals surface area (Å²) in [5, 5.41) is 4.05. The van der Waals surface area contributed by atoms with E-state index in [-0.39, 0.29) is 12.5 Å². The number of hydrogen-bond acceptors (Lipinski definition) is 3. The van der Waals surface area contributed by atoms with Crippen LogP contribution in [0.25, 0.3) is 0 Å². The highest BCUT2D eigenvalue weighted by atomic mass is 16.2. The normalized spacial score (nSPS) is 19.6. The lowest BCUT2D eigenvalue weighted by Gasteiger charge is -2.23. The van der Waals surface area contributed by atoms with Crippen LogP contribution in [0.5, 0.6) is 0 Å². The van der Waals surface area contributed by atoms with E-state index in [1.165, 1.54) is 6.42 Å². The van der Waals surface area contributed by atoms with Crippen molar-refractivity contribution in [1.29, 1.82) is 0 Å². The molecule has 100 valence electrons. The zero-order chi connectivity index (χ0) is 13.2. The van der Waals surface area contributed by atoms with Gasteiger partial charge in [-0.15, -0.1) is 0 Å². The van der Waals surface area contributed by atoms with Gasteiger partial charge in [-0.3, -0.25) is 9.48 Å². The van der Waals surface area contributed by atoms with E-state index in [2.05, 4.69) is 18.9 Å². The SMILES string of the molecule is CC1(C)CCCN(C(=O)Cn2cc(N)cn2)CC1. The van der Waals surface area contributed by atoms with Crippen LogP contribution in [0.3, 0.4) is 0 Å². The Kier molecular flexibility index (Phi) is 3.59.